The highest BCUT2D eigenvalue weighted by Gasteiger charge is 2.05. The molecule has 5 heteroatoms. The van der Waals surface area contributed by atoms with E-state index < -0.39 is 12.6 Å². The molecule has 2 aromatic carbocycles. The monoisotopic (exact) mass is 317 g/mol. The molecule has 114 valence electrons. The van der Waals surface area contributed by atoms with Gasteiger partial charge in [0.2, 0.25) is 0 Å². The van der Waals surface area contributed by atoms with Crippen LogP contribution in [0.4, 0.5) is 5.69 Å². The van der Waals surface area contributed by atoms with Crippen molar-refractivity contribution in [3.05, 3.63) is 58.1 Å². The number of hydrogen-bond acceptors (Lipinski definition) is 3. The van der Waals surface area contributed by atoms with E-state index in [-0.39, 0.29) is 0 Å². The van der Waals surface area contributed by atoms with Crippen molar-refractivity contribution in [3.8, 4) is 5.75 Å². The van der Waals surface area contributed by atoms with Gasteiger partial charge in [-0.3, -0.25) is 4.99 Å². The third-order valence-corrected chi connectivity index (χ3v) is 3.53. The molecule has 0 fully saturated rings. The number of nitrogens with zero attached hydrogens (tertiary/aromatic N) is 1. The molecule has 0 atom stereocenters. The van der Waals surface area contributed by atoms with E-state index in [1.807, 2.05) is 32.0 Å². The fourth-order valence-corrected chi connectivity index (χ4v) is 2.12. The van der Waals surface area contributed by atoms with Gasteiger partial charge in [-0.05, 0) is 54.8 Å². The van der Waals surface area contributed by atoms with E-state index in [1.165, 1.54) is 5.56 Å². The first-order valence-corrected chi connectivity index (χ1v) is 7.09. The van der Waals surface area contributed by atoms with E-state index in [9.17, 15) is 4.79 Å². The predicted molar refractivity (Wildman–Crippen MR) is 87.8 cm³/mol. The topological polar surface area (TPSA) is 58.9 Å². The number of carboxylic acid groups (broad SMARTS) is 1. The summed E-state index contributed by atoms with van der Waals surface area (Å²) in [6.45, 7) is 3.65. The normalized spacial score (nSPS) is 10.9. The number of aliphatic carboxylic acids is 1. The second-order valence-electron chi connectivity index (χ2n) is 4.85. The molecule has 0 saturated heterocycles. The number of carboxylic acids is 1. The lowest BCUT2D eigenvalue weighted by Crippen LogP contribution is -2.09. The Morgan fingerprint density at radius 3 is 2.77 bits per heavy atom. The van der Waals surface area contributed by atoms with E-state index in [1.54, 1.807) is 24.4 Å². The minimum absolute atomic E-state index is 0.341. The number of hydrogen-bond donors (Lipinski definition) is 1. The number of rotatable bonds is 5. The molecule has 0 heterocycles. The van der Waals surface area contributed by atoms with E-state index >= 15 is 0 Å². The van der Waals surface area contributed by atoms with Gasteiger partial charge in [-0.25, -0.2) is 4.79 Å². The summed E-state index contributed by atoms with van der Waals surface area (Å²) in [6, 6.07) is 11.1. The number of benzene rings is 2. The van der Waals surface area contributed by atoms with E-state index in [0.717, 1.165) is 16.8 Å². The Hall–Kier alpha value is -2.33. The van der Waals surface area contributed by atoms with Crippen molar-refractivity contribution in [3.63, 3.8) is 0 Å². The fraction of sp³-hybridized carbons (Fsp3) is 0.176. The van der Waals surface area contributed by atoms with Crippen LogP contribution in [0.25, 0.3) is 0 Å². The van der Waals surface area contributed by atoms with E-state index in [4.69, 9.17) is 21.4 Å². The van der Waals surface area contributed by atoms with Gasteiger partial charge in [-0.2, -0.15) is 0 Å². The van der Waals surface area contributed by atoms with Gasteiger partial charge in [0.1, 0.15) is 5.75 Å². The lowest BCUT2D eigenvalue weighted by Gasteiger charge is -2.06. The minimum Gasteiger partial charge on any atom is -0.480 e. The van der Waals surface area contributed by atoms with Crippen LogP contribution in [-0.4, -0.2) is 23.9 Å². The first kappa shape index (κ1) is 16.0. The van der Waals surface area contributed by atoms with Crippen LogP contribution >= 0.6 is 11.6 Å². The highest BCUT2D eigenvalue weighted by molar-refractivity contribution is 6.32. The lowest BCUT2D eigenvalue weighted by molar-refractivity contribution is -0.139. The van der Waals surface area contributed by atoms with Crippen molar-refractivity contribution >= 4 is 29.5 Å². The van der Waals surface area contributed by atoms with Crippen molar-refractivity contribution < 1.29 is 14.6 Å². The molecule has 2 aromatic rings. The quantitative estimate of drug-likeness (QED) is 0.842. The maximum absolute atomic E-state index is 10.5. The third kappa shape index (κ3) is 4.09. The molecule has 1 N–H and O–H groups in total. The van der Waals surface area contributed by atoms with Crippen molar-refractivity contribution in [1.29, 1.82) is 0 Å². The van der Waals surface area contributed by atoms with Crippen LogP contribution in [0.1, 0.15) is 16.7 Å². The summed E-state index contributed by atoms with van der Waals surface area (Å²) in [4.78, 5) is 14.9. The fourth-order valence-electron chi connectivity index (χ4n) is 1.87. The van der Waals surface area contributed by atoms with Crippen LogP contribution in [0.15, 0.2) is 41.4 Å². The number of aryl methyl sites for hydroxylation is 1. The molecular formula is C17H16ClNO3. The zero-order valence-electron chi connectivity index (χ0n) is 12.3. The van der Waals surface area contributed by atoms with Crippen LogP contribution in [0, 0.1) is 13.8 Å². The number of ether oxygens (including phenoxy) is 1. The first-order chi connectivity index (χ1) is 10.5. The van der Waals surface area contributed by atoms with Gasteiger partial charge >= 0.3 is 5.97 Å². The minimum atomic E-state index is -1.04. The number of carbonyl (C=O) groups is 1. The molecule has 22 heavy (non-hydrogen) atoms. The number of aliphatic imine (C=N–C) groups is 1. The average Bonchev–Trinajstić information content (AvgIpc) is 2.47. The molecule has 0 amide bonds. The predicted octanol–water partition coefficient (Wildman–Crippen LogP) is 4.17. The van der Waals surface area contributed by atoms with Gasteiger partial charge in [0, 0.05) is 6.21 Å². The average molecular weight is 318 g/mol. The summed E-state index contributed by atoms with van der Waals surface area (Å²) in [5.41, 5.74) is 4.03. The highest BCUT2D eigenvalue weighted by atomic mass is 35.5. The molecular weight excluding hydrogens is 302 g/mol. The molecule has 0 aliphatic rings. The summed E-state index contributed by atoms with van der Waals surface area (Å²) >= 11 is 6.07. The first-order valence-electron chi connectivity index (χ1n) is 6.72. The van der Waals surface area contributed by atoms with Crippen molar-refractivity contribution in [2.45, 2.75) is 13.8 Å². The van der Waals surface area contributed by atoms with Crippen molar-refractivity contribution in [2.24, 2.45) is 4.99 Å². The third-order valence-electron chi connectivity index (χ3n) is 3.24. The SMILES string of the molecule is Cc1cccc(N=Cc2ccc(OCC(=O)O)c(Cl)c2)c1C. The number of halogens is 1. The molecule has 0 spiro atoms. The molecule has 0 aliphatic carbocycles. The van der Waals surface area contributed by atoms with E-state index in [0.29, 0.717) is 10.8 Å². The van der Waals surface area contributed by atoms with Crippen LogP contribution in [0.3, 0.4) is 0 Å². The van der Waals surface area contributed by atoms with Crippen molar-refractivity contribution in [2.75, 3.05) is 6.61 Å². The second-order valence-corrected chi connectivity index (χ2v) is 5.26. The largest absolute Gasteiger partial charge is 0.480 e. The Labute approximate surface area is 134 Å². The van der Waals surface area contributed by atoms with Gasteiger partial charge in [-0.1, -0.05) is 23.7 Å². The smallest absolute Gasteiger partial charge is 0.341 e. The maximum atomic E-state index is 10.5. The van der Waals surface area contributed by atoms with Gasteiger partial charge in [-0.15, -0.1) is 0 Å². The summed E-state index contributed by atoms with van der Waals surface area (Å²) in [5.74, 6) is -0.704. The Balaban J connectivity index is 2.16. The molecule has 0 aliphatic heterocycles. The van der Waals surface area contributed by atoms with Gasteiger partial charge in [0.15, 0.2) is 6.61 Å². The molecule has 0 aromatic heterocycles. The standard InChI is InChI=1S/C17H16ClNO3/c1-11-4-3-5-15(12(11)2)19-9-13-6-7-16(14(18)8-13)22-10-17(20)21/h3-9H,10H2,1-2H3,(H,20,21). The summed E-state index contributed by atoms with van der Waals surface area (Å²) in [5, 5.41) is 8.94. The van der Waals surface area contributed by atoms with Gasteiger partial charge in [0.05, 0.1) is 10.7 Å². The molecule has 2 rings (SSSR count). The Kier molecular flexibility index (Phi) is 5.17. The molecule has 0 bridgehead atoms. The van der Waals surface area contributed by atoms with Crippen LogP contribution in [0.5, 0.6) is 5.75 Å². The Morgan fingerprint density at radius 2 is 2.09 bits per heavy atom. The Bertz CT molecular complexity index is 726. The highest BCUT2D eigenvalue weighted by Crippen LogP contribution is 2.26. The Morgan fingerprint density at radius 1 is 1.32 bits per heavy atom. The zero-order valence-corrected chi connectivity index (χ0v) is 13.1. The molecule has 0 saturated carbocycles. The lowest BCUT2D eigenvalue weighted by atomic mass is 10.1. The van der Waals surface area contributed by atoms with Crippen LogP contribution in [0.2, 0.25) is 5.02 Å². The molecule has 0 unspecified atom stereocenters. The zero-order chi connectivity index (χ0) is 16.1. The van der Waals surface area contributed by atoms with Crippen molar-refractivity contribution in [1.82, 2.24) is 0 Å². The summed E-state index contributed by atoms with van der Waals surface area (Å²) in [6.07, 6.45) is 1.72. The summed E-state index contributed by atoms with van der Waals surface area (Å²) in [7, 11) is 0. The van der Waals surface area contributed by atoms with Crippen LogP contribution < -0.4 is 4.74 Å². The van der Waals surface area contributed by atoms with Gasteiger partial charge in [0.25, 0.3) is 0 Å². The molecule has 4 nitrogen and oxygen atoms in total. The van der Waals surface area contributed by atoms with E-state index in [2.05, 4.69) is 4.99 Å². The summed E-state index contributed by atoms with van der Waals surface area (Å²) < 4.78 is 5.07. The maximum Gasteiger partial charge on any atom is 0.341 e. The molecule has 0 radical (unpaired) electrons. The van der Waals surface area contributed by atoms with Crippen LogP contribution in [-0.2, 0) is 4.79 Å². The second kappa shape index (κ2) is 7.09. The van der Waals surface area contributed by atoms with Gasteiger partial charge < -0.3 is 9.84 Å².